The summed E-state index contributed by atoms with van der Waals surface area (Å²) in [4.78, 5) is 0.170. The van der Waals surface area contributed by atoms with Crippen LogP contribution in [0.4, 0.5) is 0 Å². The van der Waals surface area contributed by atoms with Crippen molar-refractivity contribution in [2.24, 2.45) is 0 Å². The Bertz CT molecular complexity index is 526. The summed E-state index contributed by atoms with van der Waals surface area (Å²) < 4.78 is 32.0. The lowest BCUT2D eigenvalue weighted by atomic mass is 10.1. The summed E-state index contributed by atoms with van der Waals surface area (Å²) in [6.45, 7) is 6.14. The van der Waals surface area contributed by atoms with E-state index in [9.17, 15) is 13.5 Å². The van der Waals surface area contributed by atoms with Crippen LogP contribution in [0.25, 0.3) is 0 Å². The number of nitrogens with one attached hydrogen (secondary N) is 1. The molecule has 0 saturated carbocycles. The summed E-state index contributed by atoms with van der Waals surface area (Å²) >= 11 is 0. The molecule has 0 atom stereocenters. The number of benzene rings is 1. The molecule has 0 aliphatic heterocycles. The van der Waals surface area contributed by atoms with Crippen molar-refractivity contribution in [3.05, 3.63) is 29.3 Å². The predicted octanol–water partition coefficient (Wildman–Crippen LogP) is 1.44. The summed E-state index contributed by atoms with van der Waals surface area (Å²) in [5.41, 5.74) is 1.60. The minimum atomic E-state index is -3.56. The summed E-state index contributed by atoms with van der Waals surface area (Å²) in [5, 5.41) is 9.28. The van der Waals surface area contributed by atoms with E-state index in [0.29, 0.717) is 12.2 Å². The van der Waals surface area contributed by atoms with E-state index in [2.05, 4.69) is 4.72 Å². The number of hydrogen-bond donors (Lipinski definition) is 2. The smallest absolute Gasteiger partial charge is 0.240 e. The van der Waals surface area contributed by atoms with Crippen molar-refractivity contribution in [3.63, 3.8) is 0 Å². The van der Waals surface area contributed by atoms with Gasteiger partial charge in [0, 0.05) is 6.54 Å². The predicted molar refractivity (Wildman–Crippen MR) is 78.0 cm³/mol. The zero-order valence-corrected chi connectivity index (χ0v) is 13.0. The molecule has 114 valence electrons. The quantitative estimate of drug-likeness (QED) is 0.713. The fraction of sp³-hybridized carbons (Fsp3) is 0.571. The Labute approximate surface area is 121 Å². The third-order valence-corrected chi connectivity index (χ3v) is 4.34. The normalized spacial score (nSPS) is 12.1. The molecule has 0 saturated heterocycles. The minimum Gasteiger partial charge on any atom is -0.392 e. The Hall–Kier alpha value is -0.950. The first-order valence-electron chi connectivity index (χ1n) is 6.74. The first kappa shape index (κ1) is 17.1. The topological polar surface area (TPSA) is 75.6 Å². The molecule has 20 heavy (non-hydrogen) atoms. The van der Waals surface area contributed by atoms with Gasteiger partial charge < -0.3 is 9.84 Å². The Kier molecular flexibility index (Phi) is 6.61. The van der Waals surface area contributed by atoms with E-state index in [1.54, 1.807) is 12.1 Å². The van der Waals surface area contributed by atoms with Crippen molar-refractivity contribution in [1.29, 1.82) is 0 Å². The zero-order valence-electron chi connectivity index (χ0n) is 12.2. The van der Waals surface area contributed by atoms with Gasteiger partial charge in [-0.05, 0) is 43.5 Å². The molecule has 6 heteroatoms. The standard InChI is InChI=1S/C14H23NO4S/c1-4-12-5-6-14(9-13(12)10-16)20(17,18)15-7-8-19-11(2)3/h5-6,9,11,15-16H,4,7-8,10H2,1-3H3. The zero-order chi connectivity index (χ0) is 15.2. The van der Waals surface area contributed by atoms with Gasteiger partial charge in [0.15, 0.2) is 0 Å². The third kappa shape index (κ3) is 4.86. The molecular formula is C14H23NO4S. The monoisotopic (exact) mass is 301 g/mol. The van der Waals surface area contributed by atoms with E-state index in [4.69, 9.17) is 4.74 Å². The van der Waals surface area contributed by atoms with Crippen LogP contribution in [0.1, 0.15) is 31.9 Å². The van der Waals surface area contributed by atoms with Crippen LogP contribution >= 0.6 is 0 Å². The largest absolute Gasteiger partial charge is 0.392 e. The van der Waals surface area contributed by atoms with Crippen molar-refractivity contribution >= 4 is 10.0 Å². The fourth-order valence-corrected chi connectivity index (χ4v) is 2.88. The second-order valence-corrected chi connectivity index (χ2v) is 6.53. The van der Waals surface area contributed by atoms with Crippen molar-refractivity contribution in [3.8, 4) is 0 Å². The van der Waals surface area contributed by atoms with Crippen molar-refractivity contribution in [1.82, 2.24) is 4.72 Å². The van der Waals surface area contributed by atoms with E-state index < -0.39 is 10.0 Å². The van der Waals surface area contributed by atoms with Gasteiger partial charge in [-0.3, -0.25) is 0 Å². The third-order valence-electron chi connectivity index (χ3n) is 2.88. The van der Waals surface area contributed by atoms with Crippen LogP contribution in [0.5, 0.6) is 0 Å². The van der Waals surface area contributed by atoms with Crippen LogP contribution in [-0.4, -0.2) is 32.8 Å². The second-order valence-electron chi connectivity index (χ2n) is 4.76. The van der Waals surface area contributed by atoms with Gasteiger partial charge in [0.1, 0.15) is 0 Å². The molecule has 0 amide bonds. The molecule has 0 aromatic heterocycles. The van der Waals surface area contributed by atoms with Crippen LogP contribution in [-0.2, 0) is 27.8 Å². The highest BCUT2D eigenvalue weighted by Gasteiger charge is 2.15. The van der Waals surface area contributed by atoms with Gasteiger partial charge >= 0.3 is 0 Å². The van der Waals surface area contributed by atoms with Crippen LogP contribution < -0.4 is 4.72 Å². The van der Waals surface area contributed by atoms with Crippen molar-refractivity contribution in [2.45, 2.75) is 44.8 Å². The van der Waals surface area contributed by atoms with Crippen LogP contribution in [0.15, 0.2) is 23.1 Å². The molecule has 0 heterocycles. The van der Waals surface area contributed by atoms with Crippen molar-refractivity contribution < 1.29 is 18.3 Å². The first-order chi connectivity index (χ1) is 9.40. The van der Waals surface area contributed by atoms with Crippen molar-refractivity contribution in [2.75, 3.05) is 13.2 Å². The molecule has 0 aliphatic carbocycles. The highest BCUT2D eigenvalue weighted by molar-refractivity contribution is 7.89. The van der Waals surface area contributed by atoms with E-state index in [0.717, 1.165) is 12.0 Å². The molecule has 5 nitrogen and oxygen atoms in total. The Morgan fingerprint density at radius 1 is 1.30 bits per heavy atom. The van der Waals surface area contributed by atoms with Crippen LogP contribution in [0.3, 0.4) is 0 Å². The lowest BCUT2D eigenvalue weighted by Gasteiger charge is -2.11. The lowest BCUT2D eigenvalue weighted by Crippen LogP contribution is -2.28. The fourth-order valence-electron chi connectivity index (χ4n) is 1.82. The van der Waals surface area contributed by atoms with Crippen LogP contribution in [0.2, 0.25) is 0 Å². The van der Waals surface area contributed by atoms with Gasteiger partial charge in [-0.25, -0.2) is 13.1 Å². The Morgan fingerprint density at radius 2 is 2.00 bits per heavy atom. The maximum atomic E-state index is 12.1. The number of ether oxygens (including phenoxy) is 1. The number of sulfonamides is 1. The number of aliphatic hydroxyl groups excluding tert-OH is 1. The number of hydrogen-bond acceptors (Lipinski definition) is 4. The van der Waals surface area contributed by atoms with Crippen LogP contribution in [0, 0.1) is 0 Å². The van der Waals surface area contributed by atoms with Gasteiger partial charge in [0.2, 0.25) is 10.0 Å². The first-order valence-corrected chi connectivity index (χ1v) is 8.23. The molecule has 0 aliphatic rings. The maximum Gasteiger partial charge on any atom is 0.240 e. The molecular weight excluding hydrogens is 278 g/mol. The molecule has 0 spiro atoms. The van der Waals surface area contributed by atoms with E-state index in [1.165, 1.54) is 6.07 Å². The average molecular weight is 301 g/mol. The molecule has 0 radical (unpaired) electrons. The highest BCUT2D eigenvalue weighted by Crippen LogP contribution is 2.16. The summed E-state index contributed by atoms with van der Waals surface area (Å²) in [5.74, 6) is 0. The molecule has 0 bridgehead atoms. The lowest BCUT2D eigenvalue weighted by molar-refractivity contribution is 0.0834. The molecule has 2 N–H and O–H groups in total. The number of aryl methyl sites for hydroxylation is 1. The second kappa shape index (κ2) is 7.73. The average Bonchev–Trinajstić information content (AvgIpc) is 2.42. The molecule has 1 rings (SSSR count). The van der Waals surface area contributed by atoms with E-state index in [1.807, 2.05) is 20.8 Å². The van der Waals surface area contributed by atoms with Gasteiger partial charge in [0.25, 0.3) is 0 Å². The Morgan fingerprint density at radius 3 is 2.55 bits per heavy atom. The number of rotatable bonds is 8. The summed E-state index contributed by atoms with van der Waals surface area (Å²) in [6, 6.07) is 4.82. The van der Waals surface area contributed by atoms with E-state index in [-0.39, 0.29) is 24.2 Å². The number of aliphatic hydroxyl groups is 1. The molecule has 0 fully saturated rings. The maximum absolute atomic E-state index is 12.1. The van der Waals surface area contributed by atoms with Gasteiger partial charge in [-0.15, -0.1) is 0 Å². The molecule has 1 aromatic carbocycles. The Balaban J connectivity index is 2.77. The SMILES string of the molecule is CCc1ccc(S(=O)(=O)NCCOC(C)C)cc1CO. The van der Waals surface area contributed by atoms with Gasteiger partial charge in [-0.2, -0.15) is 0 Å². The summed E-state index contributed by atoms with van der Waals surface area (Å²) in [7, 11) is -3.56. The van der Waals surface area contributed by atoms with Gasteiger partial charge in [-0.1, -0.05) is 13.0 Å². The van der Waals surface area contributed by atoms with Gasteiger partial charge in [0.05, 0.1) is 24.2 Å². The minimum absolute atomic E-state index is 0.0735. The van der Waals surface area contributed by atoms with E-state index >= 15 is 0 Å². The molecule has 1 aromatic rings. The summed E-state index contributed by atoms with van der Waals surface area (Å²) in [6.07, 6.45) is 0.829. The highest BCUT2D eigenvalue weighted by atomic mass is 32.2. The molecule has 0 unspecified atom stereocenters.